The zero-order valence-corrected chi connectivity index (χ0v) is 14.9. The van der Waals surface area contributed by atoms with E-state index < -0.39 is 11.3 Å². The van der Waals surface area contributed by atoms with Gasteiger partial charge in [-0.25, -0.2) is 0 Å². The molecule has 0 atom stereocenters. The van der Waals surface area contributed by atoms with Crippen LogP contribution >= 0.6 is 0 Å². The highest BCUT2D eigenvalue weighted by atomic mass is 16.5. The average molecular weight is 359 g/mol. The molecule has 1 aliphatic carbocycles. The van der Waals surface area contributed by atoms with E-state index in [1.54, 1.807) is 30.3 Å². The zero-order valence-electron chi connectivity index (χ0n) is 14.9. The summed E-state index contributed by atoms with van der Waals surface area (Å²) < 4.78 is 5.41. The summed E-state index contributed by atoms with van der Waals surface area (Å²) in [7, 11) is 0. The van der Waals surface area contributed by atoms with Crippen molar-refractivity contribution < 1.29 is 14.3 Å². The van der Waals surface area contributed by atoms with Gasteiger partial charge in [0.1, 0.15) is 5.75 Å². The van der Waals surface area contributed by atoms with Gasteiger partial charge in [0.05, 0.1) is 17.2 Å². The van der Waals surface area contributed by atoms with Gasteiger partial charge in [-0.05, 0) is 35.9 Å². The van der Waals surface area contributed by atoms with Crippen molar-refractivity contribution in [2.45, 2.75) is 19.3 Å². The van der Waals surface area contributed by atoms with Crippen LogP contribution in [-0.4, -0.2) is 23.3 Å². The van der Waals surface area contributed by atoms with E-state index >= 15 is 0 Å². The Hall–Kier alpha value is -3.59. The zero-order chi connectivity index (χ0) is 19.3. The van der Waals surface area contributed by atoms with Gasteiger partial charge in [-0.2, -0.15) is 5.26 Å². The number of H-pyrrole nitrogens is 1. The Labute approximate surface area is 155 Å². The summed E-state index contributed by atoms with van der Waals surface area (Å²) in [4.78, 5) is 27.5. The van der Waals surface area contributed by atoms with Crippen LogP contribution in [0.15, 0.2) is 36.4 Å². The number of carbonyl (C=O) groups is 2. The van der Waals surface area contributed by atoms with Gasteiger partial charge in [-0.15, -0.1) is 0 Å². The molecule has 1 aromatic heterocycles. The lowest BCUT2D eigenvalue weighted by Gasteiger charge is -2.32. The van der Waals surface area contributed by atoms with Crippen molar-refractivity contribution in [3.8, 4) is 11.8 Å². The number of nitriles is 1. The highest BCUT2D eigenvalue weighted by molar-refractivity contribution is 6.20. The van der Waals surface area contributed by atoms with E-state index in [1.165, 1.54) is 0 Å². The molecule has 134 valence electrons. The molecule has 1 heterocycles. The third-order valence-electron chi connectivity index (χ3n) is 5.07. The number of nitrogens with zero attached hydrogens (tertiary/aromatic N) is 1. The molecular weight excluding hydrogens is 342 g/mol. The van der Waals surface area contributed by atoms with E-state index in [0.29, 0.717) is 22.4 Å². The summed E-state index contributed by atoms with van der Waals surface area (Å²) in [5.74, 6) is -0.147. The van der Waals surface area contributed by atoms with Gasteiger partial charge in [0.15, 0.2) is 12.4 Å². The number of ketones is 1. The summed E-state index contributed by atoms with van der Waals surface area (Å²) >= 11 is 0. The lowest BCUT2D eigenvalue weighted by Crippen LogP contribution is -2.30. The van der Waals surface area contributed by atoms with Crippen molar-refractivity contribution in [3.05, 3.63) is 64.3 Å². The second-order valence-electron chi connectivity index (χ2n) is 7.16. The van der Waals surface area contributed by atoms with Gasteiger partial charge < -0.3 is 15.5 Å². The number of hydrogen-bond donors (Lipinski definition) is 2. The lowest BCUT2D eigenvalue weighted by atomic mass is 9.71. The molecule has 0 saturated heterocycles. The molecule has 0 aliphatic heterocycles. The Morgan fingerprint density at radius 2 is 2.04 bits per heavy atom. The number of aromatic amines is 1. The fraction of sp³-hybridized carbons (Fsp3) is 0.190. The molecule has 0 spiro atoms. The normalized spacial score (nSPS) is 14.3. The topological polar surface area (TPSA) is 109 Å². The number of aromatic nitrogens is 1. The summed E-state index contributed by atoms with van der Waals surface area (Å²) in [6, 6.07) is 12.6. The van der Waals surface area contributed by atoms with Gasteiger partial charge in [0.2, 0.25) is 0 Å². The Morgan fingerprint density at radius 1 is 1.26 bits per heavy atom. The number of amides is 1. The highest BCUT2D eigenvalue weighted by Gasteiger charge is 2.39. The van der Waals surface area contributed by atoms with Crippen molar-refractivity contribution in [2.24, 2.45) is 5.73 Å². The summed E-state index contributed by atoms with van der Waals surface area (Å²) in [6.07, 6.45) is 0. The maximum absolute atomic E-state index is 13.2. The average Bonchev–Trinajstić information content (AvgIpc) is 3.04. The quantitative estimate of drug-likeness (QED) is 0.749. The first-order valence-electron chi connectivity index (χ1n) is 8.49. The van der Waals surface area contributed by atoms with Crippen molar-refractivity contribution >= 4 is 22.6 Å². The monoisotopic (exact) mass is 359 g/mol. The SMILES string of the molecule is CC1(C)c2cc(OCC(N)=O)ccc2C(=O)c2c1[nH]c1cc(C#N)ccc21. The van der Waals surface area contributed by atoms with Crippen LogP contribution in [0.25, 0.3) is 10.9 Å². The Bertz CT molecular complexity index is 1170. The first-order valence-corrected chi connectivity index (χ1v) is 8.49. The highest BCUT2D eigenvalue weighted by Crippen LogP contribution is 2.44. The van der Waals surface area contributed by atoms with Crippen LogP contribution in [0.1, 0.15) is 46.6 Å². The molecule has 6 heteroatoms. The Morgan fingerprint density at radius 3 is 2.74 bits per heavy atom. The van der Waals surface area contributed by atoms with Crippen LogP contribution in [0.5, 0.6) is 5.75 Å². The van der Waals surface area contributed by atoms with Crippen molar-refractivity contribution in [1.29, 1.82) is 5.26 Å². The number of nitrogens with two attached hydrogens (primary N) is 1. The fourth-order valence-corrected chi connectivity index (χ4v) is 3.72. The molecule has 0 saturated carbocycles. The molecule has 0 bridgehead atoms. The number of nitrogens with one attached hydrogen (secondary N) is 1. The number of primary amides is 1. The number of rotatable bonds is 3. The van der Waals surface area contributed by atoms with Crippen LogP contribution in [0.4, 0.5) is 0 Å². The van der Waals surface area contributed by atoms with Gasteiger partial charge in [0.25, 0.3) is 5.91 Å². The van der Waals surface area contributed by atoms with E-state index in [4.69, 9.17) is 15.7 Å². The van der Waals surface area contributed by atoms with Gasteiger partial charge >= 0.3 is 0 Å². The molecule has 4 rings (SSSR count). The van der Waals surface area contributed by atoms with Crippen molar-refractivity contribution in [2.75, 3.05) is 6.61 Å². The van der Waals surface area contributed by atoms with E-state index in [-0.39, 0.29) is 12.4 Å². The molecule has 3 N–H and O–H groups in total. The number of hydrogen-bond acceptors (Lipinski definition) is 4. The third kappa shape index (κ3) is 2.48. The largest absolute Gasteiger partial charge is 0.484 e. The molecule has 1 amide bonds. The van der Waals surface area contributed by atoms with Crippen LogP contribution in [0.3, 0.4) is 0 Å². The lowest BCUT2D eigenvalue weighted by molar-refractivity contribution is -0.119. The fourth-order valence-electron chi connectivity index (χ4n) is 3.72. The Balaban J connectivity index is 1.90. The minimum Gasteiger partial charge on any atom is -0.484 e. The Kier molecular flexibility index (Phi) is 3.57. The minimum atomic E-state index is -0.561. The second kappa shape index (κ2) is 5.71. The summed E-state index contributed by atoms with van der Waals surface area (Å²) in [5, 5.41) is 9.95. The molecule has 1 aliphatic rings. The maximum atomic E-state index is 13.2. The van der Waals surface area contributed by atoms with Gasteiger partial charge in [-0.1, -0.05) is 19.9 Å². The smallest absolute Gasteiger partial charge is 0.255 e. The van der Waals surface area contributed by atoms with Crippen molar-refractivity contribution in [3.63, 3.8) is 0 Å². The summed E-state index contributed by atoms with van der Waals surface area (Å²) in [5.41, 5.74) is 8.80. The minimum absolute atomic E-state index is 0.0725. The number of fused-ring (bicyclic) bond motifs is 4. The molecule has 6 nitrogen and oxygen atoms in total. The molecule has 0 radical (unpaired) electrons. The first-order chi connectivity index (χ1) is 12.8. The number of ether oxygens (including phenoxy) is 1. The van der Waals surface area contributed by atoms with Crippen molar-refractivity contribution in [1.82, 2.24) is 4.98 Å². The molecule has 0 unspecified atom stereocenters. The van der Waals surface area contributed by atoms with E-state index in [0.717, 1.165) is 22.2 Å². The first kappa shape index (κ1) is 16.9. The second-order valence-corrected chi connectivity index (χ2v) is 7.16. The standard InChI is InChI=1S/C21H17N3O3/c1-21(2)15-8-12(27-10-17(23)25)4-6-13(15)19(26)18-14-5-3-11(9-22)7-16(14)24-20(18)21/h3-8,24H,10H2,1-2H3,(H2,23,25). The van der Waals surface area contributed by atoms with Crippen LogP contribution < -0.4 is 10.5 Å². The van der Waals surface area contributed by atoms with E-state index in [2.05, 4.69) is 11.1 Å². The predicted molar refractivity (Wildman–Crippen MR) is 99.7 cm³/mol. The van der Waals surface area contributed by atoms with E-state index in [1.807, 2.05) is 19.9 Å². The third-order valence-corrected chi connectivity index (χ3v) is 5.07. The molecule has 0 fully saturated rings. The molecule has 27 heavy (non-hydrogen) atoms. The van der Waals surface area contributed by atoms with E-state index in [9.17, 15) is 9.59 Å². The maximum Gasteiger partial charge on any atom is 0.255 e. The number of carbonyl (C=O) groups excluding carboxylic acids is 2. The van der Waals surface area contributed by atoms with Crippen LogP contribution in [0.2, 0.25) is 0 Å². The predicted octanol–water partition coefficient (Wildman–Crippen LogP) is 2.77. The number of benzene rings is 2. The van der Waals surface area contributed by atoms with Gasteiger partial charge in [0, 0.05) is 27.6 Å². The molecule has 2 aromatic carbocycles. The van der Waals surface area contributed by atoms with Crippen LogP contribution in [-0.2, 0) is 10.2 Å². The summed E-state index contributed by atoms with van der Waals surface area (Å²) in [6.45, 7) is 3.83. The molecular formula is C21H17N3O3. The molecule has 3 aromatic rings. The van der Waals surface area contributed by atoms with Gasteiger partial charge in [-0.3, -0.25) is 9.59 Å². The van der Waals surface area contributed by atoms with Crippen LogP contribution in [0, 0.1) is 11.3 Å².